The van der Waals surface area contributed by atoms with Gasteiger partial charge in [0.1, 0.15) is 11.5 Å². The van der Waals surface area contributed by atoms with Crippen molar-refractivity contribution in [3.05, 3.63) is 54.2 Å². The quantitative estimate of drug-likeness (QED) is 0.781. The van der Waals surface area contributed by atoms with Crippen LogP contribution in [-0.4, -0.2) is 22.0 Å². The zero-order valence-electron chi connectivity index (χ0n) is 10.6. The highest BCUT2D eigenvalue weighted by Crippen LogP contribution is 2.20. The van der Waals surface area contributed by atoms with E-state index in [1.165, 1.54) is 0 Å². The first kappa shape index (κ1) is 11.6. The van der Waals surface area contributed by atoms with Crippen LogP contribution in [0.4, 0.5) is 0 Å². The van der Waals surface area contributed by atoms with Crippen LogP contribution in [0.5, 0.6) is 11.5 Å². The third-order valence-corrected chi connectivity index (χ3v) is 3.12. The molecule has 1 heterocycles. The van der Waals surface area contributed by atoms with Gasteiger partial charge in [-0.15, -0.1) is 0 Å². The van der Waals surface area contributed by atoms with Crippen molar-refractivity contribution in [1.29, 1.82) is 0 Å². The zero-order valence-corrected chi connectivity index (χ0v) is 10.6. The first-order chi connectivity index (χ1) is 9.26. The highest BCUT2D eigenvalue weighted by atomic mass is 16.5. The Kier molecular flexibility index (Phi) is 2.83. The van der Waals surface area contributed by atoms with Crippen molar-refractivity contribution in [1.82, 2.24) is 9.78 Å². The van der Waals surface area contributed by atoms with Gasteiger partial charge in [0.05, 0.1) is 25.4 Å². The molecule has 19 heavy (non-hydrogen) atoms. The van der Waals surface area contributed by atoms with Gasteiger partial charge < -0.3 is 9.84 Å². The van der Waals surface area contributed by atoms with E-state index < -0.39 is 0 Å². The lowest BCUT2D eigenvalue weighted by atomic mass is 10.2. The first-order valence-electron chi connectivity index (χ1n) is 6.04. The van der Waals surface area contributed by atoms with Crippen molar-refractivity contribution in [3.63, 3.8) is 0 Å². The molecule has 0 spiro atoms. The number of ether oxygens (including phenoxy) is 1. The van der Waals surface area contributed by atoms with E-state index in [0.717, 1.165) is 22.2 Å². The van der Waals surface area contributed by atoms with Gasteiger partial charge in [-0.3, -0.25) is 4.68 Å². The van der Waals surface area contributed by atoms with Crippen LogP contribution in [-0.2, 0) is 6.54 Å². The molecule has 0 saturated carbocycles. The first-order valence-corrected chi connectivity index (χ1v) is 6.04. The van der Waals surface area contributed by atoms with Crippen LogP contribution in [0.25, 0.3) is 10.9 Å². The maximum Gasteiger partial charge on any atom is 0.118 e. The van der Waals surface area contributed by atoms with Gasteiger partial charge in [0, 0.05) is 11.5 Å². The van der Waals surface area contributed by atoms with Crippen LogP contribution in [0, 0.1) is 0 Å². The standard InChI is InChI=1S/C15H14N2O2/c1-19-14-6-2-11(3-7-14)10-17-15-8-13(18)5-4-12(15)9-16-17/h2-9,18H,10H2,1H3. The van der Waals surface area contributed by atoms with Crippen LogP contribution in [0.15, 0.2) is 48.7 Å². The number of aromatic hydroxyl groups is 1. The van der Waals surface area contributed by atoms with Crippen molar-refractivity contribution in [2.45, 2.75) is 6.54 Å². The highest BCUT2D eigenvalue weighted by Gasteiger charge is 2.04. The number of rotatable bonds is 3. The number of nitrogens with zero attached hydrogens (tertiary/aromatic N) is 2. The molecule has 0 amide bonds. The van der Waals surface area contributed by atoms with Crippen molar-refractivity contribution < 1.29 is 9.84 Å². The number of phenols is 1. The monoisotopic (exact) mass is 254 g/mol. The van der Waals surface area contributed by atoms with E-state index in [1.54, 1.807) is 25.4 Å². The molecule has 0 aliphatic carbocycles. The molecule has 2 aromatic carbocycles. The lowest BCUT2D eigenvalue weighted by Crippen LogP contribution is -2.01. The Balaban J connectivity index is 1.93. The Morgan fingerprint density at radius 3 is 2.68 bits per heavy atom. The Morgan fingerprint density at radius 1 is 1.16 bits per heavy atom. The maximum atomic E-state index is 9.55. The summed E-state index contributed by atoms with van der Waals surface area (Å²) >= 11 is 0. The highest BCUT2D eigenvalue weighted by molar-refractivity contribution is 5.80. The molecule has 1 N–H and O–H groups in total. The van der Waals surface area contributed by atoms with E-state index in [9.17, 15) is 5.11 Å². The molecule has 0 fully saturated rings. The summed E-state index contributed by atoms with van der Waals surface area (Å²) in [7, 11) is 1.65. The minimum atomic E-state index is 0.254. The fourth-order valence-electron chi connectivity index (χ4n) is 2.09. The van der Waals surface area contributed by atoms with E-state index in [-0.39, 0.29) is 5.75 Å². The molecule has 0 bridgehead atoms. The summed E-state index contributed by atoms with van der Waals surface area (Å²) in [6.45, 7) is 0.664. The Hall–Kier alpha value is -2.49. The van der Waals surface area contributed by atoms with Crippen LogP contribution >= 0.6 is 0 Å². The van der Waals surface area contributed by atoms with E-state index in [0.29, 0.717) is 6.54 Å². The van der Waals surface area contributed by atoms with Gasteiger partial charge in [-0.05, 0) is 29.8 Å². The lowest BCUT2D eigenvalue weighted by Gasteiger charge is -2.05. The van der Waals surface area contributed by atoms with E-state index in [4.69, 9.17) is 4.74 Å². The van der Waals surface area contributed by atoms with Gasteiger partial charge in [-0.1, -0.05) is 12.1 Å². The molecule has 0 saturated heterocycles. The third kappa shape index (κ3) is 2.25. The summed E-state index contributed by atoms with van der Waals surface area (Å²) in [6.07, 6.45) is 1.80. The van der Waals surface area contributed by atoms with Gasteiger partial charge in [-0.25, -0.2) is 0 Å². The molecule has 4 nitrogen and oxygen atoms in total. The second kappa shape index (κ2) is 4.65. The maximum absolute atomic E-state index is 9.55. The Labute approximate surface area is 110 Å². The number of aromatic nitrogens is 2. The average Bonchev–Trinajstić information content (AvgIpc) is 2.82. The molecular weight excluding hydrogens is 240 g/mol. The van der Waals surface area contributed by atoms with Gasteiger partial charge in [0.2, 0.25) is 0 Å². The lowest BCUT2D eigenvalue weighted by molar-refractivity contribution is 0.414. The van der Waals surface area contributed by atoms with Crippen LogP contribution < -0.4 is 4.74 Å². The predicted molar refractivity (Wildman–Crippen MR) is 73.5 cm³/mol. The smallest absolute Gasteiger partial charge is 0.118 e. The van der Waals surface area contributed by atoms with Gasteiger partial charge in [0.15, 0.2) is 0 Å². The van der Waals surface area contributed by atoms with Gasteiger partial charge in [-0.2, -0.15) is 5.10 Å². The number of methoxy groups -OCH3 is 1. The van der Waals surface area contributed by atoms with Crippen molar-refractivity contribution in [2.75, 3.05) is 7.11 Å². The minimum Gasteiger partial charge on any atom is -0.508 e. The van der Waals surface area contributed by atoms with Gasteiger partial charge >= 0.3 is 0 Å². The number of hydrogen-bond acceptors (Lipinski definition) is 3. The Morgan fingerprint density at radius 2 is 1.95 bits per heavy atom. The molecule has 3 aromatic rings. The van der Waals surface area contributed by atoms with E-state index in [1.807, 2.05) is 35.0 Å². The fourth-order valence-corrected chi connectivity index (χ4v) is 2.09. The van der Waals surface area contributed by atoms with E-state index in [2.05, 4.69) is 5.10 Å². The van der Waals surface area contributed by atoms with Gasteiger partial charge in [0.25, 0.3) is 0 Å². The van der Waals surface area contributed by atoms with E-state index >= 15 is 0 Å². The second-order valence-electron chi connectivity index (χ2n) is 4.39. The SMILES string of the molecule is COc1ccc(Cn2ncc3ccc(O)cc32)cc1. The summed E-state index contributed by atoms with van der Waals surface area (Å²) in [4.78, 5) is 0. The van der Waals surface area contributed by atoms with Crippen LogP contribution in [0.2, 0.25) is 0 Å². The number of benzene rings is 2. The summed E-state index contributed by atoms with van der Waals surface area (Å²) in [5.41, 5.74) is 2.06. The minimum absolute atomic E-state index is 0.254. The molecule has 3 rings (SSSR count). The number of phenolic OH excluding ortho intramolecular Hbond substituents is 1. The van der Waals surface area contributed by atoms with Crippen molar-refractivity contribution in [2.24, 2.45) is 0 Å². The molecular formula is C15H14N2O2. The van der Waals surface area contributed by atoms with Crippen molar-refractivity contribution >= 4 is 10.9 Å². The zero-order chi connectivity index (χ0) is 13.2. The largest absolute Gasteiger partial charge is 0.508 e. The Bertz CT molecular complexity index is 702. The normalized spacial score (nSPS) is 10.8. The summed E-state index contributed by atoms with van der Waals surface area (Å²) < 4.78 is 7.01. The van der Waals surface area contributed by atoms with Crippen LogP contribution in [0.1, 0.15) is 5.56 Å². The molecule has 1 aromatic heterocycles. The molecule has 0 aliphatic rings. The molecule has 0 radical (unpaired) electrons. The summed E-state index contributed by atoms with van der Waals surface area (Å²) in [5.74, 6) is 1.09. The summed E-state index contributed by atoms with van der Waals surface area (Å²) in [5, 5.41) is 14.9. The molecule has 4 heteroatoms. The number of hydrogen-bond donors (Lipinski definition) is 1. The predicted octanol–water partition coefficient (Wildman–Crippen LogP) is 2.80. The topological polar surface area (TPSA) is 47.3 Å². The number of fused-ring (bicyclic) bond motifs is 1. The molecule has 96 valence electrons. The average molecular weight is 254 g/mol. The second-order valence-corrected chi connectivity index (χ2v) is 4.39. The summed E-state index contributed by atoms with van der Waals surface area (Å²) in [6, 6.07) is 13.1. The third-order valence-electron chi connectivity index (χ3n) is 3.12. The van der Waals surface area contributed by atoms with Crippen molar-refractivity contribution in [3.8, 4) is 11.5 Å². The van der Waals surface area contributed by atoms with Crippen LogP contribution in [0.3, 0.4) is 0 Å². The molecule has 0 aliphatic heterocycles. The fraction of sp³-hybridized carbons (Fsp3) is 0.133. The molecule has 0 atom stereocenters. The molecule has 0 unspecified atom stereocenters.